The largest absolute Gasteiger partial charge is 0.481 e. The van der Waals surface area contributed by atoms with Crippen LogP contribution in [0.2, 0.25) is 0 Å². The van der Waals surface area contributed by atoms with Gasteiger partial charge in [-0.05, 0) is 49.4 Å². The van der Waals surface area contributed by atoms with E-state index in [1.165, 1.54) is 19.3 Å². The molecule has 10 nitrogen and oxygen atoms in total. The highest BCUT2D eigenvalue weighted by molar-refractivity contribution is 5.87. The van der Waals surface area contributed by atoms with Crippen LogP contribution in [0.1, 0.15) is 30.4 Å². The number of rotatable bonds is 6. The second-order valence-electron chi connectivity index (χ2n) is 11.9. The molecule has 10 heteroatoms. The summed E-state index contributed by atoms with van der Waals surface area (Å²) in [4.78, 5) is 14.2. The number of piperidine rings is 1. The van der Waals surface area contributed by atoms with E-state index < -0.39 is 0 Å². The molecular weight excluding hydrogens is 550 g/mol. The van der Waals surface area contributed by atoms with Crippen molar-refractivity contribution in [1.82, 2.24) is 34.3 Å². The Kier molecular flexibility index (Phi) is 6.32. The summed E-state index contributed by atoms with van der Waals surface area (Å²) in [5, 5.41) is 18.6. The molecule has 3 aliphatic heterocycles. The van der Waals surface area contributed by atoms with Gasteiger partial charge in [-0.15, -0.1) is 0 Å². The molecule has 5 aromatic rings. The van der Waals surface area contributed by atoms with Crippen LogP contribution >= 0.6 is 0 Å². The number of anilines is 1. The van der Waals surface area contributed by atoms with Crippen LogP contribution in [0.3, 0.4) is 0 Å². The molecule has 0 radical (unpaired) electrons. The van der Waals surface area contributed by atoms with E-state index >= 15 is 0 Å². The summed E-state index contributed by atoms with van der Waals surface area (Å²) >= 11 is 0. The van der Waals surface area contributed by atoms with Gasteiger partial charge in [0.2, 0.25) is 5.88 Å². The van der Waals surface area contributed by atoms with Crippen molar-refractivity contribution in [3.05, 3.63) is 78.6 Å². The highest BCUT2D eigenvalue weighted by Gasteiger charge is 2.51. The number of hydrogen-bond donors (Lipinski definition) is 0. The summed E-state index contributed by atoms with van der Waals surface area (Å²) in [5.74, 6) is 9.26. The summed E-state index contributed by atoms with van der Waals surface area (Å²) in [5.41, 5.74) is 6.09. The van der Waals surface area contributed by atoms with E-state index in [0.29, 0.717) is 29.4 Å². The highest BCUT2D eigenvalue weighted by Crippen LogP contribution is 2.44. The van der Waals surface area contributed by atoms with Crippen LogP contribution in [0.15, 0.2) is 67.5 Å². The van der Waals surface area contributed by atoms with Crippen LogP contribution in [0, 0.1) is 29.1 Å². The van der Waals surface area contributed by atoms with Gasteiger partial charge in [0.25, 0.3) is 0 Å². The molecule has 2 bridgehead atoms. The van der Waals surface area contributed by atoms with E-state index in [1.807, 2.05) is 44.0 Å². The summed E-state index contributed by atoms with van der Waals surface area (Å²) in [6, 6.07) is 13.7. The zero-order chi connectivity index (χ0) is 29.8. The zero-order valence-electron chi connectivity index (χ0n) is 24.6. The maximum atomic E-state index is 9.78. The fourth-order valence-corrected chi connectivity index (χ4v) is 6.77. The minimum Gasteiger partial charge on any atom is -0.481 e. The molecule has 0 spiro atoms. The first-order valence-corrected chi connectivity index (χ1v) is 15.0. The van der Waals surface area contributed by atoms with E-state index in [-0.39, 0.29) is 6.04 Å². The molecule has 3 saturated heterocycles. The normalized spacial score (nSPS) is 20.0. The second kappa shape index (κ2) is 10.5. The molecule has 4 fully saturated rings. The van der Waals surface area contributed by atoms with Crippen molar-refractivity contribution < 1.29 is 4.74 Å². The molecule has 1 aliphatic carbocycles. The maximum Gasteiger partial charge on any atom is 0.214 e. The quantitative estimate of drug-likeness (QED) is 0.276. The van der Waals surface area contributed by atoms with Gasteiger partial charge in [-0.1, -0.05) is 11.8 Å². The minimum absolute atomic E-state index is 0.287. The number of pyridine rings is 3. The molecule has 44 heavy (non-hydrogen) atoms. The topological polar surface area (TPSA) is 100 Å². The Bertz CT molecular complexity index is 1960. The van der Waals surface area contributed by atoms with E-state index in [2.05, 4.69) is 61.1 Å². The van der Waals surface area contributed by atoms with E-state index in [1.54, 1.807) is 28.7 Å². The number of nitrogens with zero attached hydrogens (tertiary/aromatic N) is 9. The molecule has 218 valence electrons. The van der Waals surface area contributed by atoms with E-state index in [4.69, 9.17) is 9.72 Å². The Labute approximate surface area is 255 Å². The van der Waals surface area contributed by atoms with Crippen molar-refractivity contribution >= 4 is 11.3 Å². The molecule has 5 aromatic heterocycles. The molecule has 0 aromatic carbocycles. The van der Waals surface area contributed by atoms with Gasteiger partial charge in [0.05, 0.1) is 36.6 Å². The molecule has 9 rings (SSSR count). The van der Waals surface area contributed by atoms with Gasteiger partial charge in [-0.3, -0.25) is 9.58 Å². The lowest BCUT2D eigenvalue weighted by Gasteiger charge is -2.58. The Hall–Kier alpha value is -5.19. The fraction of sp³-hybridized carbons (Fsp3) is 0.324. The number of aromatic nitrogens is 6. The summed E-state index contributed by atoms with van der Waals surface area (Å²) in [6.45, 7) is 1.89. The van der Waals surface area contributed by atoms with E-state index in [9.17, 15) is 5.26 Å². The van der Waals surface area contributed by atoms with Gasteiger partial charge in [0.15, 0.2) is 0 Å². The Morgan fingerprint density at radius 3 is 2.52 bits per heavy atom. The van der Waals surface area contributed by atoms with Crippen molar-refractivity contribution in [3.8, 4) is 46.0 Å². The van der Waals surface area contributed by atoms with Crippen LogP contribution in [0.5, 0.6) is 5.88 Å². The SMILES string of the molecule is COc1cc(C#CC(C2CC2)N2C3CC2CN(c2ccc(-c4cc(-c5cnn(C)c5)cn5ncc(C#N)c45)cn2)C3)ccn1. The lowest BCUT2D eigenvalue weighted by atomic mass is 9.84. The molecule has 0 N–H and O–H groups in total. The summed E-state index contributed by atoms with van der Waals surface area (Å²) in [6.07, 6.45) is 14.8. The van der Waals surface area contributed by atoms with Gasteiger partial charge in [0.1, 0.15) is 11.9 Å². The first-order chi connectivity index (χ1) is 21.6. The summed E-state index contributed by atoms with van der Waals surface area (Å²) in [7, 11) is 3.53. The Balaban J connectivity index is 1.03. The predicted octanol–water partition coefficient (Wildman–Crippen LogP) is 4.17. The Morgan fingerprint density at radius 1 is 0.955 bits per heavy atom. The van der Waals surface area contributed by atoms with Crippen LogP contribution in [0.25, 0.3) is 27.8 Å². The monoisotopic (exact) mass is 581 g/mol. The number of fused-ring (bicyclic) bond motifs is 3. The highest BCUT2D eigenvalue weighted by atomic mass is 16.5. The third-order valence-corrected chi connectivity index (χ3v) is 9.10. The molecule has 1 saturated carbocycles. The third-order valence-electron chi connectivity index (χ3n) is 9.10. The fourth-order valence-electron chi connectivity index (χ4n) is 6.77. The number of methoxy groups -OCH3 is 1. The lowest BCUT2D eigenvalue weighted by Crippen LogP contribution is -2.71. The second-order valence-corrected chi connectivity index (χ2v) is 11.9. The van der Waals surface area contributed by atoms with Crippen molar-refractivity contribution in [2.75, 3.05) is 25.1 Å². The van der Waals surface area contributed by atoms with Crippen LogP contribution in [0.4, 0.5) is 5.82 Å². The first-order valence-electron chi connectivity index (χ1n) is 15.0. The van der Waals surface area contributed by atoms with Crippen LogP contribution in [-0.2, 0) is 7.05 Å². The maximum absolute atomic E-state index is 9.78. The van der Waals surface area contributed by atoms with E-state index in [0.717, 1.165) is 52.2 Å². The van der Waals surface area contributed by atoms with Crippen molar-refractivity contribution in [2.45, 2.75) is 37.4 Å². The third kappa shape index (κ3) is 4.64. The predicted molar refractivity (Wildman–Crippen MR) is 166 cm³/mol. The van der Waals surface area contributed by atoms with Crippen LogP contribution < -0.4 is 9.64 Å². The van der Waals surface area contributed by atoms with Crippen molar-refractivity contribution in [3.63, 3.8) is 0 Å². The number of ether oxygens (including phenoxy) is 1. The number of nitriles is 1. The molecular formula is C34H31N9O. The zero-order valence-corrected chi connectivity index (χ0v) is 24.6. The molecule has 8 heterocycles. The number of aryl methyl sites for hydroxylation is 1. The molecule has 4 aliphatic rings. The standard InChI is InChI=1S/C34H31N9O/c1-40-18-27(17-38-40)25-12-30(34-26(14-35)16-39-42(34)19-25)24-6-8-32(37-15-24)41-20-28-13-29(21-41)43(28)31(23-4-5-23)7-3-22-9-10-36-33(11-22)44-2/h6,8-12,15-19,23,28-29,31H,4-5,13,20-21H2,1-2H3. The van der Waals surface area contributed by atoms with Crippen molar-refractivity contribution in [1.29, 1.82) is 5.26 Å². The molecule has 3 unspecified atom stereocenters. The number of piperazine rings is 1. The summed E-state index contributed by atoms with van der Waals surface area (Å²) < 4.78 is 8.84. The average Bonchev–Trinajstić information content (AvgIpc) is 3.68. The molecule has 0 amide bonds. The van der Waals surface area contributed by atoms with Gasteiger partial charge >= 0.3 is 0 Å². The van der Waals surface area contributed by atoms with Crippen LogP contribution in [-0.4, -0.2) is 72.6 Å². The first kappa shape index (κ1) is 26.4. The average molecular weight is 582 g/mol. The van der Waals surface area contributed by atoms with Gasteiger partial charge < -0.3 is 9.64 Å². The van der Waals surface area contributed by atoms with Gasteiger partial charge in [-0.25, -0.2) is 14.5 Å². The van der Waals surface area contributed by atoms with Gasteiger partial charge in [-0.2, -0.15) is 15.5 Å². The minimum atomic E-state index is 0.287. The Morgan fingerprint density at radius 2 is 1.82 bits per heavy atom. The molecule has 3 atom stereocenters. The van der Waals surface area contributed by atoms with Crippen molar-refractivity contribution in [2.24, 2.45) is 13.0 Å². The number of hydrogen-bond acceptors (Lipinski definition) is 8. The smallest absolute Gasteiger partial charge is 0.214 e. The lowest BCUT2D eigenvalue weighted by molar-refractivity contribution is -0.0272. The van der Waals surface area contributed by atoms with Gasteiger partial charge in [0, 0.05) is 90.9 Å².